The van der Waals surface area contributed by atoms with E-state index in [-0.39, 0.29) is 12.6 Å². The van der Waals surface area contributed by atoms with Gasteiger partial charge in [0.05, 0.1) is 13.2 Å². The highest BCUT2D eigenvalue weighted by Gasteiger charge is 2.26. The molecule has 1 fully saturated rings. The first-order chi connectivity index (χ1) is 15.1. The van der Waals surface area contributed by atoms with Gasteiger partial charge >= 0.3 is 11.8 Å². The third-order valence-corrected chi connectivity index (χ3v) is 5.66. The summed E-state index contributed by atoms with van der Waals surface area (Å²) in [5.74, 6) is -0.631. The number of nitrogens with zero attached hydrogens (tertiary/aromatic N) is 3. The van der Waals surface area contributed by atoms with Crippen molar-refractivity contribution in [2.45, 2.75) is 19.5 Å². The van der Waals surface area contributed by atoms with E-state index in [1.54, 1.807) is 13.3 Å². The predicted octanol–water partition coefficient (Wildman–Crippen LogP) is 1.20. The van der Waals surface area contributed by atoms with Crippen molar-refractivity contribution < 1.29 is 14.3 Å². The van der Waals surface area contributed by atoms with Crippen LogP contribution < -0.4 is 15.4 Å². The molecular formula is C23H31N5O3. The summed E-state index contributed by atoms with van der Waals surface area (Å²) in [4.78, 5) is 33.7. The summed E-state index contributed by atoms with van der Waals surface area (Å²) in [7, 11) is 1.58. The molecule has 2 heterocycles. The number of benzene rings is 1. The van der Waals surface area contributed by atoms with Crippen molar-refractivity contribution in [2.75, 3.05) is 46.4 Å². The summed E-state index contributed by atoms with van der Waals surface area (Å²) in [5, 5.41) is 5.47. The number of hydrogen-bond donors (Lipinski definition) is 2. The van der Waals surface area contributed by atoms with Gasteiger partial charge in [0, 0.05) is 57.2 Å². The monoisotopic (exact) mass is 425 g/mol. The Hall–Kier alpha value is -2.97. The van der Waals surface area contributed by atoms with E-state index in [9.17, 15) is 9.59 Å². The Balaban J connectivity index is 1.57. The highest BCUT2D eigenvalue weighted by atomic mass is 16.5. The SMILES string of the molecule is CCN1CCN(C(CNC(=O)C(=O)NCc2ccccc2OC)c2cccnc2)CC1. The van der Waals surface area contributed by atoms with E-state index in [0.29, 0.717) is 12.3 Å². The number of methoxy groups -OCH3 is 1. The number of likely N-dealkylation sites (N-methyl/N-ethyl adjacent to an activating group) is 1. The molecule has 2 amide bonds. The molecule has 1 atom stereocenters. The molecule has 1 aliphatic heterocycles. The second-order valence-electron chi connectivity index (χ2n) is 7.48. The Bertz CT molecular complexity index is 853. The molecule has 0 spiro atoms. The van der Waals surface area contributed by atoms with E-state index in [1.807, 2.05) is 42.6 Å². The van der Waals surface area contributed by atoms with Crippen LogP contribution in [0.5, 0.6) is 5.75 Å². The lowest BCUT2D eigenvalue weighted by atomic mass is 10.1. The van der Waals surface area contributed by atoms with Gasteiger partial charge in [0.15, 0.2) is 0 Å². The quantitative estimate of drug-likeness (QED) is 0.618. The van der Waals surface area contributed by atoms with Gasteiger partial charge in [0.25, 0.3) is 0 Å². The first-order valence-corrected chi connectivity index (χ1v) is 10.7. The summed E-state index contributed by atoms with van der Waals surface area (Å²) < 4.78 is 5.28. The Morgan fingerprint density at radius 3 is 2.48 bits per heavy atom. The molecule has 0 saturated carbocycles. The van der Waals surface area contributed by atoms with Gasteiger partial charge < -0.3 is 20.3 Å². The third-order valence-electron chi connectivity index (χ3n) is 5.66. The molecule has 1 aliphatic rings. The van der Waals surface area contributed by atoms with E-state index >= 15 is 0 Å². The van der Waals surface area contributed by atoms with Gasteiger partial charge in [0.2, 0.25) is 0 Å². The van der Waals surface area contributed by atoms with E-state index in [1.165, 1.54) is 0 Å². The smallest absolute Gasteiger partial charge is 0.309 e. The first kappa shape index (κ1) is 22.7. The molecule has 8 heteroatoms. The Labute approximate surface area is 183 Å². The lowest BCUT2D eigenvalue weighted by Crippen LogP contribution is -2.50. The fraction of sp³-hybridized carbons (Fsp3) is 0.435. The second kappa shape index (κ2) is 11.4. The molecule has 1 unspecified atom stereocenters. The van der Waals surface area contributed by atoms with Crippen LogP contribution in [-0.2, 0) is 16.1 Å². The van der Waals surface area contributed by atoms with Crippen molar-refractivity contribution in [3.05, 3.63) is 59.9 Å². The number of piperazine rings is 1. The largest absolute Gasteiger partial charge is 0.496 e. The molecule has 2 aromatic rings. The molecule has 0 aliphatic carbocycles. The van der Waals surface area contributed by atoms with Gasteiger partial charge in [-0.05, 0) is 24.2 Å². The van der Waals surface area contributed by atoms with Crippen molar-refractivity contribution in [3.8, 4) is 5.75 Å². The average molecular weight is 426 g/mol. The van der Waals surface area contributed by atoms with Crippen LogP contribution in [0.4, 0.5) is 0 Å². The molecule has 166 valence electrons. The number of ether oxygens (including phenoxy) is 1. The van der Waals surface area contributed by atoms with E-state index in [2.05, 4.69) is 32.3 Å². The molecular weight excluding hydrogens is 394 g/mol. The maximum Gasteiger partial charge on any atom is 0.309 e. The first-order valence-electron chi connectivity index (χ1n) is 10.7. The summed E-state index contributed by atoms with van der Waals surface area (Å²) in [6.45, 7) is 7.56. The molecule has 0 bridgehead atoms. The van der Waals surface area contributed by atoms with Crippen LogP contribution in [0.3, 0.4) is 0 Å². The maximum atomic E-state index is 12.4. The van der Waals surface area contributed by atoms with Crippen molar-refractivity contribution in [1.29, 1.82) is 0 Å². The zero-order valence-electron chi connectivity index (χ0n) is 18.2. The Morgan fingerprint density at radius 1 is 1.06 bits per heavy atom. The Kier molecular flexibility index (Phi) is 8.37. The summed E-state index contributed by atoms with van der Waals surface area (Å²) >= 11 is 0. The van der Waals surface area contributed by atoms with Crippen molar-refractivity contribution in [3.63, 3.8) is 0 Å². The lowest BCUT2D eigenvalue weighted by molar-refractivity contribution is -0.139. The number of nitrogens with one attached hydrogen (secondary N) is 2. The van der Waals surface area contributed by atoms with Crippen LogP contribution >= 0.6 is 0 Å². The summed E-state index contributed by atoms with van der Waals surface area (Å²) in [5.41, 5.74) is 1.84. The fourth-order valence-corrected chi connectivity index (χ4v) is 3.80. The zero-order valence-corrected chi connectivity index (χ0v) is 18.2. The molecule has 8 nitrogen and oxygen atoms in total. The minimum Gasteiger partial charge on any atom is -0.496 e. The molecule has 1 saturated heterocycles. The minimum atomic E-state index is -0.661. The number of rotatable bonds is 8. The molecule has 1 aromatic carbocycles. The molecule has 2 N–H and O–H groups in total. The standard InChI is InChI=1S/C23H31N5O3/c1-3-27-11-13-28(14-12-27)20(18-8-6-10-24-15-18)17-26-23(30)22(29)25-16-19-7-4-5-9-21(19)31-2/h4-10,15,20H,3,11-14,16-17H2,1-2H3,(H,25,29)(H,26,30). The zero-order chi connectivity index (χ0) is 22.1. The highest BCUT2D eigenvalue weighted by Crippen LogP contribution is 2.21. The molecule has 3 rings (SSSR count). The van der Waals surface area contributed by atoms with Crippen molar-refractivity contribution in [1.82, 2.24) is 25.4 Å². The minimum absolute atomic E-state index is 0.0290. The molecule has 1 aromatic heterocycles. The van der Waals surface area contributed by atoms with E-state index < -0.39 is 11.8 Å². The van der Waals surface area contributed by atoms with Crippen LogP contribution in [0.25, 0.3) is 0 Å². The van der Waals surface area contributed by atoms with Gasteiger partial charge in [-0.15, -0.1) is 0 Å². The molecule has 31 heavy (non-hydrogen) atoms. The van der Waals surface area contributed by atoms with Crippen LogP contribution in [0, 0.1) is 0 Å². The van der Waals surface area contributed by atoms with Crippen LogP contribution in [0.1, 0.15) is 24.1 Å². The van der Waals surface area contributed by atoms with E-state index in [0.717, 1.165) is 43.9 Å². The maximum absolute atomic E-state index is 12.4. The molecule has 0 radical (unpaired) electrons. The third kappa shape index (κ3) is 6.26. The van der Waals surface area contributed by atoms with Gasteiger partial charge in [0.1, 0.15) is 5.75 Å². The summed E-state index contributed by atoms with van der Waals surface area (Å²) in [6, 6.07) is 11.3. The predicted molar refractivity (Wildman–Crippen MR) is 119 cm³/mol. The van der Waals surface area contributed by atoms with Crippen LogP contribution in [-0.4, -0.2) is 73.0 Å². The number of aromatic nitrogens is 1. The van der Waals surface area contributed by atoms with Gasteiger partial charge in [-0.3, -0.25) is 19.5 Å². The second-order valence-corrected chi connectivity index (χ2v) is 7.48. The average Bonchev–Trinajstić information content (AvgIpc) is 2.83. The fourth-order valence-electron chi connectivity index (χ4n) is 3.80. The normalized spacial score (nSPS) is 15.8. The topological polar surface area (TPSA) is 86.8 Å². The van der Waals surface area contributed by atoms with Crippen molar-refractivity contribution >= 4 is 11.8 Å². The van der Waals surface area contributed by atoms with Gasteiger partial charge in [-0.25, -0.2) is 0 Å². The van der Waals surface area contributed by atoms with Crippen LogP contribution in [0.2, 0.25) is 0 Å². The van der Waals surface area contributed by atoms with E-state index in [4.69, 9.17) is 4.74 Å². The van der Waals surface area contributed by atoms with Gasteiger partial charge in [-0.1, -0.05) is 31.2 Å². The number of amides is 2. The number of pyridine rings is 1. The van der Waals surface area contributed by atoms with Gasteiger partial charge in [-0.2, -0.15) is 0 Å². The Morgan fingerprint density at radius 2 is 1.81 bits per heavy atom. The number of carbonyl (C=O) groups is 2. The highest BCUT2D eigenvalue weighted by molar-refractivity contribution is 6.35. The van der Waals surface area contributed by atoms with Crippen LogP contribution in [0.15, 0.2) is 48.8 Å². The van der Waals surface area contributed by atoms with Crippen molar-refractivity contribution in [2.24, 2.45) is 0 Å². The number of para-hydroxylation sites is 1. The number of carbonyl (C=O) groups excluding carboxylic acids is 2. The summed E-state index contributed by atoms with van der Waals surface area (Å²) in [6.07, 6.45) is 3.56. The number of hydrogen-bond acceptors (Lipinski definition) is 6. The lowest BCUT2D eigenvalue weighted by Gasteiger charge is -2.39.